The van der Waals surface area contributed by atoms with E-state index in [-0.39, 0.29) is 24.6 Å². The number of nitrogens with one attached hydrogen (secondary N) is 1. The van der Waals surface area contributed by atoms with Gasteiger partial charge in [0.25, 0.3) is 0 Å². The third kappa shape index (κ3) is 3.86. The van der Waals surface area contributed by atoms with E-state index in [0.29, 0.717) is 12.3 Å². The molecule has 2 aliphatic heterocycles. The number of aryl methyl sites for hydroxylation is 1. The molecule has 8 nitrogen and oxygen atoms in total. The molecular weight excluding hydrogens is 372 g/mol. The molecule has 29 heavy (non-hydrogen) atoms. The van der Waals surface area contributed by atoms with E-state index in [9.17, 15) is 14.4 Å². The SMILES string of the molecule is Cn1c(=O)n(C2CCC(=O)NC2=O)c2ccc(CN3CCC(CCO)CC3)cc21. The standard InChI is InChI=1S/C21H28N4O4/c1-23-18-12-15(13-24-9-6-14(7-10-24)8-11-26)2-3-16(18)25(21(23)29)17-4-5-19(27)22-20(17)28/h2-3,12,14,17,26H,4-11,13H2,1H3,(H,22,27,28). The fraction of sp³-hybridized carbons (Fsp3) is 0.571. The van der Waals surface area contributed by atoms with Gasteiger partial charge in [-0.1, -0.05) is 6.07 Å². The number of aliphatic hydroxyl groups is 1. The largest absolute Gasteiger partial charge is 0.396 e. The Morgan fingerprint density at radius 1 is 1.10 bits per heavy atom. The number of piperidine rings is 2. The summed E-state index contributed by atoms with van der Waals surface area (Å²) in [6, 6.07) is 5.30. The van der Waals surface area contributed by atoms with Crippen LogP contribution in [0.5, 0.6) is 0 Å². The van der Waals surface area contributed by atoms with Gasteiger partial charge in [0, 0.05) is 26.6 Å². The van der Waals surface area contributed by atoms with Crippen LogP contribution in [0.4, 0.5) is 0 Å². The first-order valence-electron chi connectivity index (χ1n) is 10.3. The number of nitrogens with zero attached hydrogens (tertiary/aromatic N) is 3. The molecular formula is C21H28N4O4. The number of aliphatic hydroxyl groups excluding tert-OH is 1. The molecule has 2 amide bonds. The minimum absolute atomic E-state index is 0.239. The fourth-order valence-corrected chi connectivity index (χ4v) is 4.61. The maximum Gasteiger partial charge on any atom is 0.329 e. The van der Waals surface area contributed by atoms with Crippen molar-refractivity contribution in [2.24, 2.45) is 13.0 Å². The number of likely N-dealkylation sites (tertiary alicyclic amines) is 1. The highest BCUT2D eigenvalue weighted by atomic mass is 16.3. The van der Waals surface area contributed by atoms with Crippen LogP contribution in [0.2, 0.25) is 0 Å². The predicted octanol–water partition coefficient (Wildman–Crippen LogP) is 0.912. The third-order valence-electron chi connectivity index (χ3n) is 6.33. The number of carbonyl (C=O) groups excluding carboxylic acids is 2. The number of hydrogen-bond donors (Lipinski definition) is 2. The molecule has 2 fully saturated rings. The van der Waals surface area contributed by atoms with Gasteiger partial charge in [-0.3, -0.25) is 28.9 Å². The molecule has 0 bridgehead atoms. The zero-order chi connectivity index (χ0) is 20.5. The summed E-state index contributed by atoms with van der Waals surface area (Å²) >= 11 is 0. The van der Waals surface area contributed by atoms with E-state index in [1.165, 1.54) is 4.57 Å². The van der Waals surface area contributed by atoms with Crippen molar-refractivity contribution in [3.63, 3.8) is 0 Å². The molecule has 1 aromatic heterocycles. The Morgan fingerprint density at radius 2 is 1.86 bits per heavy atom. The van der Waals surface area contributed by atoms with Gasteiger partial charge in [0.05, 0.1) is 11.0 Å². The van der Waals surface area contributed by atoms with Gasteiger partial charge in [-0.05, 0) is 62.4 Å². The number of aromatic nitrogens is 2. The third-order valence-corrected chi connectivity index (χ3v) is 6.33. The minimum Gasteiger partial charge on any atom is -0.396 e. The molecule has 0 radical (unpaired) electrons. The van der Waals surface area contributed by atoms with Crippen LogP contribution >= 0.6 is 0 Å². The van der Waals surface area contributed by atoms with Crippen LogP contribution in [-0.4, -0.2) is 50.7 Å². The van der Waals surface area contributed by atoms with Crippen LogP contribution in [0.15, 0.2) is 23.0 Å². The van der Waals surface area contributed by atoms with Gasteiger partial charge in [0.2, 0.25) is 11.8 Å². The van der Waals surface area contributed by atoms with Crippen molar-refractivity contribution in [3.8, 4) is 0 Å². The van der Waals surface area contributed by atoms with E-state index in [2.05, 4.69) is 10.2 Å². The van der Waals surface area contributed by atoms with Crippen molar-refractivity contribution in [3.05, 3.63) is 34.2 Å². The number of rotatable bonds is 5. The lowest BCUT2D eigenvalue weighted by molar-refractivity contribution is -0.135. The number of amides is 2. The van der Waals surface area contributed by atoms with Gasteiger partial charge >= 0.3 is 5.69 Å². The number of hydrogen-bond acceptors (Lipinski definition) is 5. The molecule has 2 aromatic rings. The van der Waals surface area contributed by atoms with E-state index >= 15 is 0 Å². The molecule has 1 unspecified atom stereocenters. The number of benzene rings is 1. The molecule has 0 spiro atoms. The van der Waals surface area contributed by atoms with E-state index in [1.54, 1.807) is 11.6 Å². The molecule has 0 aliphatic carbocycles. The predicted molar refractivity (Wildman–Crippen MR) is 108 cm³/mol. The fourth-order valence-electron chi connectivity index (χ4n) is 4.61. The maximum atomic E-state index is 12.8. The van der Waals surface area contributed by atoms with E-state index in [1.807, 2.05) is 18.2 Å². The Hall–Kier alpha value is -2.45. The second-order valence-electron chi connectivity index (χ2n) is 8.23. The van der Waals surface area contributed by atoms with Crippen LogP contribution in [0.25, 0.3) is 11.0 Å². The second kappa shape index (κ2) is 8.12. The van der Waals surface area contributed by atoms with Gasteiger partial charge in [0.15, 0.2) is 0 Å². The molecule has 3 heterocycles. The van der Waals surface area contributed by atoms with Crippen molar-refractivity contribution >= 4 is 22.8 Å². The summed E-state index contributed by atoms with van der Waals surface area (Å²) in [5.74, 6) is -0.0858. The van der Waals surface area contributed by atoms with Gasteiger partial charge < -0.3 is 5.11 Å². The van der Waals surface area contributed by atoms with Gasteiger partial charge in [-0.15, -0.1) is 0 Å². The Morgan fingerprint density at radius 3 is 2.55 bits per heavy atom. The quantitative estimate of drug-likeness (QED) is 0.728. The van der Waals surface area contributed by atoms with Crippen molar-refractivity contribution in [1.29, 1.82) is 0 Å². The molecule has 4 rings (SSSR count). The molecule has 1 atom stereocenters. The molecule has 2 N–H and O–H groups in total. The summed E-state index contributed by atoms with van der Waals surface area (Å²) in [5, 5.41) is 11.4. The van der Waals surface area contributed by atoms with Crippen molar-refractivity contribution < 1.29 is 14.7 Å². The number of fused-ring (bicyclic) bond motifs is 1. The Kier molecular flexibility index (Phi) is 5.56. The molecule has 0 saturated carbocycles. The monoisotopic (exact) mass is 400 g/mol. The van der Waals surface area contributed by atoms with Crippen molar-refractivity contribution in [2.45, 2.75) is 44.7 Å². The summed E-state index contributed by atoms with van der Waals surface area (Å²) < 4.78 is 3.09. The van der Waals surface area contributed by atoms with Gasteiger partial charge in [0.1, 0.15) is 6.04 Å². The lowest BCUT2D eigenvalue weighted by Gasteiger charge is -2.31. The van der Waals surface area contributed by atoms with Gasteiger partial charge in [-0.2, -0.15) is 0 Å². The number of carbonyl (C=O) groups is 2. The van der Waals surface area contributed by atoms with Crippen LogP contribution in [0, 0.1) is 5.92 Å². The molecule has 156 valence electrons. The summed E-state index contributed by atoms with van der Waals surface area (Å²) in [5.41, 5.74) is 2.41. The van der Waals surface area contributed by atoms with E-state index in [4.69, 9.17) is 5.11 Å². The molecule has 2 aliphatic rings. The first-order valence-corrected chi connectivity index (χ1v) is 10.3. The molecule has 8 heteroatoms. The Bertz CT molecular complexity index is 984. The van der Waals surface area contributed by atoms with Gasteiger partial charge in [-0.25, -0.2) is 4.79 Å². The highest BCUT2D eigenvalue weighted by Gasteiger charge is 2.31. The Balaban J connectivity index is 1.56. The highest BCUT2D eigenvalue weighted by Crippen LogP contribution is 2.25. The number of imide groups is 1. The van der Waals surface area contributed by atoms with Crippen LogP contribution < -0.4 is 11.0 Å². The van der Waals surface area contributed by atoms with Crippen LogP contribution in [0.1, 0.15) is 43.7 Å². The normalized spacial score (nSPS) is 21.7. The average molecular weight is 400 g/mol. The lowest BCUT2D eigenvalue weighted by Crippen LogP contribution is -2.44. The van der Waals surface area contributed by atoms with Crippen LogP contribution in [-0.2, 0) is 23.2 Å². The zero-order valence-electron chi connectivity index (χ0n) is 16.8. The number of imidazole rings is 1. The van der Waals surface area contributed by atoms with Crippen LogP contribution in [0.3, 0.4) is 0 Å². The molecule has 1 aromatic carbocycles. The minimum atomic E-state index is -0.652. The van der Waals surface area contributed by atoms with E-state index < -0.39 is 11.9 Å². The van der Waals surface area contributed by atoms with Crippen molar-refractivity contribution in [1.82, 2.24) is 19.4 Å². The summed E-state index contributed by atoms with van der Waals surface area (Å²) in [6.07, 6.45) is 3.67. The summed E-state index contributed by atoms with van der Waals surface area (Å²) in [7, 11) is 1.72. The summed E-state index contributed by atoms with van der Waals surface area (Å²) in [4.78, 5) is 39.0. The first-order chi connectivity index (χ1) is 14.0. The average Bonchev–Trinajstić information content (AvgIpc) is 2.94. The highest BCUT2D eigenvalue weighted by molar-refractivity contribution is 6.00. The second-order valence-corrected chi connectivity index (χ2v) is 8.23. The van der Waals surface area contributed by atoms with E-state index in [0.717, 1.165) is 55.5 Å². The topological polar surface area (TPSA) is 96.6 Å². The molecule has 2 saturated heterocycles. The smallest absolute Gasteiger partial charge is 0.329 e. The maximum absolute atomic E-state index is 12.8. The van der Waals surface area contributed by atoms with Crippen molar-refractivity contribution in [2.75, 3.05) is 19.7 Å². The lowest BCUT2D eigenvalue weighted by atomic mass is 9.94. The zero-order valence-corrected chi connectivity index (χ0v) is 16.8. The first kappa shape index (κ1) is 19.8. The Labute approximate surface area is 169 Å². The summed E-state index contributed by atoms with van der Waals surface area (Å²) in [6.45, 7) is 3.11.